The van der Waals surface area contributed by atoms with Crippen LogP contribution in [0.1, 0.15) is 58.8 Å². The van der Waals surface area contributed by atoms with Crippen molar-refractivity contribution in [3.63, 3.8) is 0 Å². The van der Waals surface area contributed by atoms with E-state index in [1.165, 1.54) is 51.7 Å². The van der Waals surface area contributed by atoms with E-state index in [0.29, 0.717) is 0 Å². The first-order chi connectivity index (χ1) is 10.0. The zero-order valence-corrected chi connectivity index (χ0v) is 13.9. The number of likely N-dealkylation sites (N-methyl/N-ethyl adjacent to an activating group) is 1. The van der Waals surface area contributed by atoms with Crippen molar-refractivity contribution in [1.29, 1.82) is 0 Å². The van der Waals surface area contributed by atoms with Crippen molar-refractivity contribution >= 4 is 5.91 Å². The lowest BCUT2D eigenvalue weighted by Gasteiger charge is -2.28. The molecule has 0 bridgehead atoms. The fourth-order valence-electron chi connectivity index (χ4n) is 3.09. The number of hydrogen-bond donors (Lipinski definition) is 2. The first-order valence-corrected chi connectivity index (χ1v) is 8.81. The Bertz CT molecular complexity index is 325. The molecule has 1 amide bonds. The first kappa shape index (κ1) is 16.8. The predicted molar refractivity (Wildman–Crippen MR) is 87.0 cm³/mol. The molecule has 2 aliphatic rings. The molecule has 4 heteroatoms. The highest BCUT2D eigenvalue weighted by molar-refractivity contribution is 5.84. The van der Waals surface area contributed by atoms with Gasteiger partial charge in [0.15, 0.2) is 0 Å². The van der Waals surface area contributed by atoms with Crippen LogP contribution in [0.4, 0.5) is 0 Å². The number of primary amides is 1. The minimum Gasteiger partial charge on any atom is -0.368 e. The van der Waals surface area contributed by atoms with Crippen LogP contribution in [0.3, 0.4) is 0 Å². The molecule has 0 spiro atoms. The molecule has 0 aromatic carbocycles. The van der Waals surface area contributed by atoms with E-state index in [1.807, 2.05) is 13.8 Å². The van der Waals surface area contributed by atoms with Gasteiger partial charge in [-0.05, 0) is 76.8 Å². The highest BCUT2D eigenvalue weighted by atomic mass is 16.1. The zero-order valence-electron chi connectivity index (χ0n) is 13.9. The van der Waals surface area contributed by atoms with Crippen LogP contribution in [-0.4, -0.2) is 42.5 Å². The van der Waals surface area contributed by atoms with E-state index in [2.05, 4.69) is 10.2 Å². The van der Waals surface area contributed by atoms with Crippen molar-refractivity contribution in [3.8, 4) is 0 Å². The summed E-state index contributed by atoms with van der Waals surface area (Å²) in [6.07, 6.45) is 8.81. The van der Waals surface area contributed by atoms with Crippen LogP contribution < -0.4 is 11.1 Å². The molecule has 2 saturated carbocycles. The summed E-state index contributed by atoms with van der Waals surface area (Å²) in [6, 6.07) is 0. The molecular weight excluding hydrogens is 262 g/mol. The summed E-state index contributed by atoms with van der Waals surface area (Å²) in [6.45, 7) is 8.54. The molecule has 0 heterocycles. The summed E-state index contributed by atoms with van der Waals surface area (Å²) in [5.74, 6) is 1.72. The van der Waals surface area contributed by atoms with Crippen LogP contribution >= 0.6 is 0 Å². The van der Waals surface area contributed by atoms with E-state index < -0.39 is 5.54 Å². The molecule has 0 saturated heterocycles. The molecule has 0 radical (unpaired) electrons. The average Bonchev–Trinajstić information content (AvgIpc) is 3.30. The lowest BCUT2D eigenvalue weighted by molar-refractivity contribution is -0.124. The summed E-state index contributed by atoms with van der Waals surface area (Å²) in [7, 11) is 0. The second-order valence-corrected chi connectivity index (χ2v) is 7.33. The maximum atomic E-state index is 11.6. The third kappa shape index (κ3) is 5.95. The molecule has 0 aromatic rings. The minimum atomic E-state index is -0.535. The number of unbranched alkanes of at least 4 members (excludes halogenated alkanes) is 1. The van der Waals surface area contributed by atoms with Crippen molar-refractivity contribution in [2.75, 3.05) is 26.2 Å². The largest absolute Gasteiger partial charge is 0.368 e. The third-order valence-electron chi connectivity index (χ3n) is 4.94. The summed E-state index contributed by atoms with van der Waals surface area (Å²) in [5, 5.41) is 3.24. The van der Waals surface area contributed by atoms with Gasteiger partial charge in [-0.2, -0.15) is 0 Å². The fraction of sp³-hybridized carbons (Fsp3) is 0.941. The number of carbonyl (C=O) groups excluding carboxylic acids is 1. The van der Waals surface area contributed by atoms with Gasteiger partial charge < -0.3 is 16.0 Å². The Morgan fingerprint density at radius 2 is 1.76 bits per heavy atom. The van der Waals surface area contributed by atoms with Crippen molar-refractivity contribution < 1.29 is 4.79 Å². The molecule has 2 rings (SSSR count). The van der Waals surface area contributed by atoms with Gasteiger partial charge in [0.2, 0.25) is 5.91 Å². The Morgan fingerprint density at radius 3 is 2.19 bits per heavy atom. The zero-order chi connectivity index (χ0) is 15.3. The van der Waals surface area contributed by atoms with Gasteiger partial charge in [0, 0.05) is 13.1 Å². The first-order valence-electron chi connectivity index (χ1n) is 8.81. The number of rotatable bonds is 12. The van der Waals surface area contributed by atoms with Crippen molar-refractivity contribution in [3.05, 3.63) is 0 Å². The SMILES string of the molecule is CCNC(C)(CCCCN(CC1CC1)CC1CC1)C(N)=O. The van der Waals surface area contributed by atoms with Gasteiger partial charge in [-0.1, -0.05) is 6.92 Å². The van der Waals surface area contributed by atoms with E-state index in [9.17, 15) is 4.79 Å². The second kappa shape index (κ2) is 7.59. The van der Waals surface area contributed by atoms with Gasteiger partial charge >= 0.3 is 0 Å². The Balaban J connectivity index is 1.66. The standard InChI is InChI=1S/C17H33N3O/c1-3-19-17(2,16(18)21)10-4-5-11-20(12-14-6-7-14)13-15-8-9-15/h14-15,19H,3-13H2,1-2H3,(H2,18,21). The molecule has 0 aliphatic heterocycles. The Labute approximate surface area is 129 Å². The van der Waals surface area contributed by atoms with Gasteiger partial charge in [-0.25, -0.2) is 0 Å². The van der Waals surface area contributed by atoms with Gasteiger partial charge in [0.1, 0.15) is 0 Å². The summed E-state index contributed by atoms with van der Waals surface area (Å²) in [5.41, 5.74) is 5.00. The van der Waals surface area contributed by atoms with Crippen LogP contribution in [0, 0.1) is 11.8 Å². The van der Waals surface area contributed by atoms with E-state index in [0.717, 1.165) is 31.2 Å². The smallest absolute Gasteiger partial charge is 0.237 e. The molecule has 0 aromatic heterocycles. The van der Waals surface area contributed by atoms with Gasteiger partial charge in [-0.15, -0.1) is 0 Å². The summed E-state index contributed by atoms with van der Waals surface area (Å²) < 4.78 is 0. The average molecular weight is 295 g/mol. The number of carbonyl (C=O) groups is 1. The van der Waals surface area contributed by atoms with Crippen LogP contribution in [0.15, 0.2) is 0 Å². The van der Waals surface area contributed by atoms with E-state index in [-0.39, 0.29) is 5.91 Å². The van der Waals surface area contributed by atoms with Crippen molar-refractivity contribution in [2.24, 2.45) is 17.6 Å². The molecule has 21 heavy (non-hydrogen) atoms. The number of amides is 1. The Morgan fingerprint density at radius 1 is 1.19 bits per heavy atom. The maximum Gasteiger partial charge on any atom is 0.237 e. The minimum absolute atomic E-state index is 0.225. The van der Waals surface area contributed by atoms with E-state index >= 15 is 0 Å². The number of nitrogens with zero attached hydrogens (tertiary/aromatic N) is 1. The van der Waals surface area contributed by atoms with Crippen LogP contribution in [0.25, 0.3) is 0 Å². The van der Waals surface area contributed by atoms with E-state index in [1.54, 1.807) is 0 Å². The molecule has 4 nitrogen and oxygen atoms in total. The second-order valence-electron chi connectivity index (χ2n) is 7.33. The summed E-state index contributed by atoms with van der Waals surface area (Å²) in [4.78, 5) is 14.3. The van der Waals surface area contributed by atoms with Crippen molar-refractivity contribution in [1.82, 2.24) is 10.2 Å². The lowest BCUT2D eigenvalue weighted by Crippen LogP contribution is -2.53. The van der Waals surface area contributed by atoms with Gasteiger partial charge in [-0.3, -0.25) is 4.79 Å². The summed E-state index contributed by atoms with van der Waals surface area (Å²) >= 11 is 0. The monoisotopic (exact) mass is 295 g/mol. The number of nitrogens with two attached hydrogens (primary N) is 1. The normalized spacial score (nSPS) is 21.5. The molecule has 2 fully saturated rings. The van der Waals surface area contributed by atoms with Gasteiger partial charge in [0.05, 0.1) is 5.54 Å². The third-order valence-corrected chi connectivity index (χ3v) is 4.94. The molecular formula is C17H33N3O. The van der Waals surface area contributed by atoms with Gasteiger partial charge in [0.25, 0.3) is 0 Å². The molecule has 1 unspecified atom stereocenters. The predicted octanol–water partition coefficient (Wildman–Crippen LogP) is 2.13. The number of nitrogens with one attached hydrogen (secondary N) is 1. The van der Waals surface area contributed by atoms with Crippen molar-refractivity contribution in [2.45, 2.75) is 64.3 Å². The van der Waals surface area contributed by atoms with E-state index in [4.69, 9.17) is 5.73 Å². The molecule has 1 atom stereocenters. The highest BCUT2D eigenvalue weighted by Crippen LogP contribution is 2.33. The Hall–Kier alpha value is -0.610. The molecule has 2 aliphatic carbocycles. The van der Waals surface area contributed by atoms with Crippen LogP contribution in [-0.2, 0) is 4.79 Å². The number of hydrogen-bond acceptors (Lipinski definition) is 3. The van der Waals surface area contributed by atoms with Crippen LogP contribution in [0.5, 0.6) is 0 Å². The quantitative estimate of drug-likeness (QED) is 0.542. The fourth-order valence-corrected chi connectivity index (χ4v) is 3.09. The molecule has 3 N–H and O–H groups in total. The lowest BCUT2D eigenvalue weighted by atomic mass is 9.94. The maximum absolute atomic E-state index is 11.6. The Kier molecular flexibility index (Phi) is 6.06. The highest BCUT2D eigenvalue weighted by Gasteiger charge is 2.30. The van der Waals surface area contributed by atoms with Crippen LogP contribution in [0.2, 0.25) is 0 Å². The molecule has 122 valence electrons. The topological polar surface area (TPSA) is 58.4 Å².